The van der Waals surface area contributed by atoms with E-state index in [0.29, 0.717) is 5.02 Å². The summed E-state index contributed by atoms with van der Waals surface area (Å²) < 4.78 is 1.02. The van der Waals surface area contributed by atoms with Gasteiger partial charge in [-0.3, -0.25) is 0 Å². The molecule has 0 amide bonds. The van der Waals surface area contributed by atoms with Crippen molar-refractivity contribution in [1.29, 1.82) is 0 Å². The third-order valence-corrected chi connectivity index (χ3v) is 15.8. The lowest BCUT2D eigenvalue weighted by atomic mass is 9.73. The summed E-state index contributed by atoms with van der Waals surface area (Å²) in [6.07, 6.45) is 0. The highest BCUT2D eigenvalue weighted by atomic mass is 79.9. The van der Waals surface area contributed by atoms with Crippen LogP contribution in [0.2, 0.25) is 5.02 Å². The molecule has 0 aromatic heterocycles. The summed E-state index contributed by atoms with van der Waals surface area (Å²) in [4.78, 5) is 5.18. The van der Waals surface area contributed by atoms with Crippen LogP contribution in [0, 0.1) is 0 Å². The quantitative estimate of drug-likeness (QED) is 0.150. The van der Waals surface area contributed by atoms with E-state index in [2.05, 4.69) is 301 Å². The molecule has 2 aliphatic heterocycles. The van der Waals surface area contributed by atoms with Crippen LogP contribution in [0.5, 0.6) is 0 Å². The average Bonchev–Trinajstić information content (AvgIpc) is 3.46. The molecule has 360 valence electrons. The predicted molar refractivity (Wildman–Crippen MR) is 321 cm³/mol. The summed E-state index contributed by atoms with van der Waals surface area (Å²) in [6.45, 7) is 7.02. The SMILES string of the molecule is CC(C)(C)c1cc2c3c(c1)N(c1c(-c4ccccc4)cc(-c4ccccc4)cc1-c1ccccc1)c1cc(Cl)ccc1C3c1cc(Br)ccc1N2c1c(-c2ccccc2)cc(-c2ccccc2)cc1-c1ccccc1. The minimum Gasteiger partial charge on any atom is -0.309 e. The number of fused-ring (bicyclic) bond motifs is 4. The number of halogens is 2. The van der Waals surface area contributed by atoms with Gasteiger partial charge in [0.1, 0.15) is 0 Å². The Kier molecular flexibility index (Phi) is 11.8. The Morgan fingerprint density at radius 3 is 1.11 bits per heavy atom. The monoisotopic (exact) mass is 1050 g/mol. The maximum absolute atomic E-state index is 7.31. The fourth-order valence-electron chi connectivity index (χ4n) is 11.6. The molecular formula is C71H52BrClN2. The Hall–Kier alpha value is -8.21. The Morgan fingerprint density at radius 1 is 0.347 bits per heavy atom. The van der Waals surface area contributed by atoms with Crippen molar-refractivity contribution in [1.82, 2.24) is 0 Å². The maximum atomic E-state index is 7.31. The van der Waals surface area contributed by atoms with E-state index in [9.17, 15) is 0 Å². The number of nitrogens with zero attached hydrogens (tertiary/aromatic N) is 2. The summed E-state index contributed by atoms with van der Waals surface area (Å²) in [7, 11) is 0. The van der Waals surface area contributed by atoms with Crippen LogP contribution in [0.25, 0.3) is 66.8 Å². The highest BCUT2D eigenvalue weighted by Gasteiger charge is 2.44. The van der Waals surface area contributed by atoms with Gasteiger partial charge in [0.2, 0.25) is 0 Å². The zero-order valence-corrected chi connectivity index (χ0v) is 44.3. The van der Waals surface area contributed by atoms with E-state index in [4.69, 9.17) is 11.6 Å². The average molecular weight is 1050 g/mol. The van der Waals surface area contributed by atoms with Crippen molar-refractivity contribution in [3.05, 3.63) is 287 Å². The molecule has 1 atom stereocenters. The summed E-state index contributed by atoms with van der Waals surface area (Å²) in [6, 6.07) is 93.4. The van der Waals surface area contributed by atoms with E-state index in [1.807, 2.05) is 0 Å². The molecule has 75 heavy (non-hydrogen) atoms. The number of hydrogen-bond donors (Lipinski definition) is 0. The number of hydrogen-bond acceptors (Lipinski definition) is 2. The smallest absolute Gasteiger partial charge is 0.0619 e. The van der Waals surface area contributed by atoms with Gasteiger partial charge in [0, 0.05) is 43.2 Å². The molecule has 0 bridgehead atoms. The molecule has 0 saturated heterocycles. The van der Waals surface area contributed by atoms with Crippen LogP contribution in [0.3, 0.4) is 0 Å². The number of anilines is 6. The molecule has 4 heteroatoms. The fourth-order valence-corrected chi connectivity index (χ4v) is 12.1. The van der Waals surface area contributed by atoms with Gasteiger partial charge >= 0.3 is 0 Å². The molecular weight excluding hydrogens is 996 g/mol. The van der Waals surface area contributed by atoms with Crippen LogP contribution in [0.4, 0.5) is 34.1 Å². The third kappa shape index (κ3) is 8.28. The van der Waals surface area contributed by atoms with E-state index in [1.165, 1.54) is 27.8 Å². The normalized spacial score (nSPS) is 13.5. The van der Waals surface area contributed by atoms with Crippen LogP contribution >= 0.6 is 27.5 Å². The lowest BCUT2D eigenvalue weighted by Crippen LogP contribution is -2.31. The Bertz CT molecular complexity index is 3810. The van der Waals surface area contributed by atoms with Gasteiger partial charge in [-0.25, -0.2) is 0 Å². The van der Waals surface area contributed by atoms with E-state index in [-0.39, 0.29) is 11.3 Å². The van der Waals surface area contributed by atoms with Crippen molar-refractivity contribution in [2.75, 3.05) is 9.80 Å². The van der Waals surface area contributed by atoms with Gasteiger partial charge < -0.3 is 9.80 Å². The lowest BCUT2D eigenvalue weighted by Gasteiger charge is -2.47. The van der Waals surface area contributed by atoms with Gasteiger partial charge in [-0.2, -0.15) is 0 Å². The molecule has 0 N–H and O–H groups in total. The maximum Gasteiger partial charge on any atom is 0.0619 e. The van der Waals surface area contributed by atoms with Gasteiger partial charge in [0.15, 0.2) is 0 Å². The van der Waals surface area contributed by atoms with Crippen molar-refractivity contribution in [2.45, 2.75) is 32.1 Å². The molecule has 0 radical (unpaired) electrons. The standard InChI is InChI=1S/C71H52BrClN2/c1-71(2,3)54-42-65-68-66(43-54)75(70-60(50-30-18-8-19-31-50)40-53(47-24-12-5-13-25-47)41-61(70)51-32-20-9-21-33-51)64-45-56(73)35-36-57(64)67(68)62-44-55(72)34-37-63(62)74(65)69-58(48-26-14-6-15-27-48)38-52(46-22-10-4-11-23-46)39-59(69)49-28-16-7-17-29-49/h4-45,67H,1-3H3. The van der Waals surface area contributed by atoms with Gasteiger partial charge in [-0.15, -0.1) is 0 Å². The van der Waals surface area contributed by atoms with Crippen molar-refractivity contribution in [3.8, 4) is 66.8 Å². The topological polar surface area (TPSA) is 6.48 Å². The van der Waals surface area contributed by atoms with Crippen molar-refractivity contribution < 1.29 is 0 Å². The first kappa shape index (κ1) is 46.6. The van der Waals surface area contributed by atoms with Crippen molar-refractivity contribution >= 4 is 61.7 Å². The molecule has 13 rings (SSSR count). The van der Waals surface area contributed by atoms with Crippen molar-refractivity contribution in [2.24, 2.45) is 0 Å². The largest absolute Gasteiger partial charge is 0.309 e. The Labute approximate surface area is 454 Å². The molecule has 2 nitrogen and oxygen atoms in total. The van der Waals surface area contributed by atoms with Crippen molar-refractivity contribution in [3.63, 3.8) is 0 Å². The first-order valence-electron chi connectivity index (χ1n) is 25.7. The third-order valence-electron chi connectivity index (χ3n) is 15.1. The number of rotatable bonds is 8. The molecule has 11 aromatic rings. The van der Waals surface area contributed by atoms with Gasteiger partial charge in [-0.1, -0.05) is 236 Å². The summed E-state index contributed by atoms with van der Waals surface area (Å²) in [5.74, 6) is -0.149. The molecule has 0 aliphatic carbocycles. The first-order chi connectivity index (χ1) is 36.7. The molecule has 11 aromatic carbocycles. The molecule has 1 unspecified atom stereocenters. The molecule has 0 saturated carbocycles. The van der Waals surface area contributed by atoms with E-state index in [0.717, 1.165) is 99.8 Å². The minimum atomic E-state index is -0.254. The van der Waals surface area contributed by atoms with E-state index in [1.54, 1.807) is 0 Å². The highest BCUT2D eigenvalue weighted by molar-refractivity contribution is 9.10. The van der Waals surface area contributed by atoms with E-state index >= 15 is 0 Å². The summed E-state index contributed by atoms with van der Waals surface area (Å²) in [5, 5.41) is 0.684. The van der Waals surface area contributed by atoms with Gasteiger partial charge in [0.25, 0.3) is 0 Å². The summed E-state index contributed by atoms with van der Waals surface area (Å²) >= 11 is 11.3. The van der Waals surface area contributed by atoms with Crippen LogP contribution < -0.4 is 9.80 Å². The van der Waals surface area contributed by atoms with Crippen LogP contribution in [0.15, 0.2) is 259 Å². The second-order valence-corrected chi connectivity index (χ2v) is 22.1. The molecule has 2 heterocycles. The first-order valence-corrected chi connectivity index (χ1v) is 26.9. The zero-order chi connectivity index (χ0) is 50.8. The Balaban J connectivity index is 1.20. The second-order valence-electron chi connectivity index (χ2n) is 20.7. The lowest BCUT2D eigenvalue weighted by molar-refractivity contribution is 0.590. The molecule has 0 spiro atoms. The summed E-state index contributed by atoms with van der Waals surface area (Å²) in [5.41, 5.74) is 25.0. The fraction of sp³-hybridized carbons (Fsp3) is 0.0704. The minimum absolute atomic E-state index is 0.149. The predicted octanol–water partition coefficient (Wildman–Crippen LogP) is 21.1. The Morgan fingerprint density at radius 2 is 0.720 bits per heavy atom. The highest BCUT2D eigenvalue weighted by Crippen LogP contribution is 2.65. The van der Waals surface area contributed by atoms with Gasteiger partial charge in [0.05, 0.1) is 34.1 Å². The number of benzene rings is 11. The molecule has 0 fully saturated rings. The zero-order valence-electron chi connectivity index (χ0n) is 42.0. The van der Waals surface area contributed by atoms with Crippen LogP contribution in [-0.2, 0) is 5.41 Å². The van der Waals surface area contributed by atoms with Crippen LogP contribution in [-0.4, -0.2) is 0 Å². The second kappa shape index (κ2) is 18.9. The van der Waals surface area contributed by atoms with Gasteiger partial charge in [-0.05, 0) is 133 Å². The molecule has 2 aliphatic rings. The van der Waals surface area contributed by atoms with Crippen LogP contribution in [0.1, 0.15) is 48.9 Å². The van der Waals surface area contributed by atoms with E-state index < -0.39 is 0 Å².